The van der Waals surface area contributed by atoms with Gasteiger partial charge in [0, 0.05) is 5.41 Å². The minimum absolute atomic E-state index is 0.00664. The first-order chi connectivity index (χ1) is 11.2. The van der Waals surface area contributed by atoms with Crippen LogP contribution in [0.5, 0.6) is 0 Å². The van der Waals surface area contributed by atoms with E-state index in [1.807, 2.05) is 6.07 Å². The lowest BCUT2D eigenvalue weighted by Crippen LogP contribution is -2.45. The Morgan fingerprint density at radius 1 is 1.00 bits per heavy atom. The van der Waals surface area contributed by atoms with Crippen LogP contribution in [0.1, 0.15) is 63.3 Å². The van der Waals surface area contributed by atoms with Crippen LogP contribution in [0.3, 0.4) is 0 Å². The second-order valence-corrected chi connectivity index (χ2v) is 8.32. The maximum atomic E-state index is 10.6. The number of benzene rings is 2. The van der Waals surface area contributed by atoms with Gasteiger partial charge in [-0.3, -0.25) is 0 Å². The van der Waals surface area contributed by atoms with Gasteiger partial charge >= 0.3 is 0 Å². The van der Waals surface area contributed by atoms with E-state index in [-0.39, 0.29) is 16.9 Å². The number of aliphatic hydroxyl groups excluding tert-OH is 1. The quantitative estimate of drug-likeness (QED) is 0.718. The van der Waals surface area contributed by atoms with Gasteiger partial charge in [-0.1, -0.05) is 82.3 Å². The predicted molar refractivity (Wildman–Crippen MR) is 103 cm³/mol. The second-order valence-electron chi connectivity index (χ2n) is 8.32. The molecule has 0 fully saturated rings. The van der Waals surface area contributed by atoms with Gasteiger partial charge in [0.05, 0.1) is 6.10 Å². The average molecular weight is 320 g/mol. The van der Waals surface area contributed by atoms with Crippen molar-refractivity contribution in [3.8, 4) is 0 Å². The third-order valence-electron chi connectivity index (χ3n) is 5.62. The molecular weight excluding hydrogens is 292 g/mol. The zero-order valence-electron chi connectivity index (χ0n) is 15.4. The van der Waals surface area contributed by atoms with E-state index in [1.54, 1.807) is 0 Å². The fraction of sp³-hybridized carbons (Fsp3) is 0.391. The summed E-state index contributed by atoms with van der Waals surface area (Å²) in [5.74, 6) is 0. The molecule has 1 aliphatic carbocycles. The van der Waals surface area contributed by atoms with Crippen molar-refractivity contribution in [2.75, 3.05) is 0 Å². The number of hydrogen-bond donors (Lipinski definition) is 1. The summed E-state index contributed by atoms with van der Waals surface area (Å²) in [5, 5.41) is 10.6. The van der Waals surface area contributed by atoms with Crippen LogP contribution in [-0.2, 0) is 10.8 Å². The summed E-state index contributed by atoms with van der Waals surface area (Å²) in [6, 6.07) is 17.2. The minimum Gasteiger partial charge on any atom is -0.392 e. The molecule has 3 rings (SSSR count). The SMILES string of the molecule is C/C(=C\c1ccccc1)c1ccc2c(c1)C(C)(C)CC(O)C2(C)C. The van der Waals surface area contributed by atoms with Crippen molar-refractivity contribution in [3.63, 3.8) is 0 Å². The fourth-order valence-corrected chi connectivity index (χ4v) is 3.82. The van der Waals surface area contributed by atoms with Gasteiger partial charge in [-0.2, -0.15) is 0 Å². The summed E-state index contributed by atoms with van der Waals surface area (Å²) >= 11 is 0. The molecule has 2 aromatic carbocycles. The standard InChI is InChI=1S/C23H28O/c1-16(13-17-9-7-6-8-10-17)18-11-12-19-20(14-18)22(2,3)15-21(24)23(19,4)5/h6-14,21,24H,15H2,1-5H3/b16-13+. The molecule has 0 heterocycles. The first-order valence-electron chi connectivity index (χ1n) is 8.78. The van der Waals surface area contributed by atoms with E-state index in [1.165, 1.54) is 27.8 Å². The monoisotopic (exact) mass is 320 g/mol. The molecule has 0 spiro atoms. The number of rotatable bonds is 2. The molecule has 0 saturated carbocycles. The summed E-state index contributed by atoms with van der Waals surface area (Å²) in [7, 11) is 0. The molecule has 1 aliphatic rings. The zero-order valence-corrected chi connectivity index (χ0v) is 15.4. The lowest BCUT2D eigenvalue weighted by Gasteiger charge is -2.45. The summed E-state index contributed by atoms with van der Waals surface area (Å²) in [6.45, 7) is 11.0. The van der Waals surface area contributed by atoms with Crippen LogP contribution in [0.25, 0.3) is 11.6 Å². The Labute approximate surface area is 146 Å². The van der Waals surface area contributed by atoms with Crippen molar-refractivity contribution in [1.29, 1.82) is 0 Å². The van der Waals surface area contributed by atoms with Crippen LogP contribution in [-0.4, -0.2) is 11.2 Å². The van der Waals surface area contributed by atoms with E-state index < -0.39 is 0 Å². The molecule has 24 heavy (non-hydrogen) atoms. The maximum absolute atomic E-state index is 10.6. The van der Waals surface area contributed by atoms with Gasteiger partial charge in [0.1, 0.15) is 0 Å². The molecule has 1 heteroatoms. The summed E-state index contributed by atoms with van der Waals surface area (Å²) in [6.07, 6.45) is 2.74. The van der Waals surface area contributed by atoms with Gasteiger partial charge in [-0.05, 0) is 46.6 Å². The van der Waals surface area contributed by atoms with Crippen molar-refractivity contribution in [2.24, 2.45) is 0 Å². The Bertz CT molecular complexity index is 766. The number of allylic oxidation sites excluding steroid dienone is 1. The smallest absolute Gasteiger partial charge is 0.0639 e. The summed E-state index contributed by atoms with van der Waals surface area (Å²) < 4.78 is 0. The Morgan fingerprint density at radius 3 is 2.33 bits per heavy atom. The highest BCUT2D eigenvalue weighted by Gasteiger charge is 2.43. The highest BCUT2D eigenvalue weighted by Crippen LogP contribution is 2.46. The molecule has 0 radical (unpaired) electrons. The number of aliphatic hydroxyl groups is 1. The van der Waals surface area contributed by atoms with Crippen molar-refractivity contribution in [3.05, 3.63) is 70.8 Å². The van der Waals surface area contributed by atoms with Gasteiger partial charge in [-0.25, -0.2) is 0 Å². The highest BCUT2D eigenvalue weighted by atomic mass is 16.3. The van der Waals surface area contributed by atoms with Crippen LogP contribution >= 0.6 is 0 Å². The number of fused-ring (bicyclic) bond motifs is 1. The Balaban J connectivity index is 2.07. The molecule has 0 bridgehead atoms. The first kappa shape index (κ1) is 17.0. The van der Waals surface area contributed by atoms with E-state index in [4.69, 9.17) is 0 Å². The van der Waals surface area contributed by atoms with Crippen LogP contribution in [0, 0.1) is 0 Å². The highest BCUT2D eigenvalue weighted by molar-refractivity contribution is 5.80. The maximum Gasteiger partial charge on any atom is 0.0639 e. The Hall–Kier alpha value is -1.86. The predicted octanol–water partition coefficient (Wildman–Crippen LogP) is 5.57. The molecule has 0 aromatic heterocycles. The van der Waals surface area contributed by atoms with Gasteiger partial charge < -0.3 is 5.11 Å². The Kier molecular flexibility index (Phi) is 4.17. The fourth-order valence-electron chi connectivity index (χ4n) is 3.82. The van der Waals surface area contributed by atoms with Crippen LogP contribution in [0.15, 0.2) is 48.5 Å². The van der Waals surface area contributed by atoms with E-state index in [0.29, 0.717) is 0 Å². The van der Waals surface area contributed by atoms with E-state index in [0.717, 1.165) is 6.42 Å². The first-order valence-corrected chi connectivity index (χ1v) is 8.78. The third-order valence-corrected chi connectivity index (χ3v) is 5.62. The van der Waals surface area contributed by atoms with Crippen molar-refractivity contribution in [2.45, 2.75) is 58.0 Å². The molecule has 0 aliphatic heterocycles. The lowest BCUT2D eigenvalue weighted by atomic mass is 9.61. The zero-order chi connectivity index (χ0) is 17.5. The van der Waals surface area contributed by atoms with E-state index >= 15 is 0 Å². The molecular formula is C23H28O. The van der Waals surface area contributed by atoms with Gasteiger partial charge in [0.2, 0.25) is 0 Å². The molecule has 126 valence electrons. The molecule has 1 nitrogen and oxygen atoms in total. The lowest BCUT2D eigenvalue weighted by molar-refractivity contribution is 0.0583. The van der Waals surface area contributed by atoms with Crippen LogP contribution < -0.4 is 0 Å². The van der Waals surface area contributed by atoms with E-state index in [9.17, 15) is 5.11 Å². The molecule has 1 unspecified atom stereocenters. The second kappa shape index (κ2) is 5.89. The van der Waals surface area contributed by atoms with Gasteiger partial charge in [0.25, 0.3) is 0 Å². The molecule has 2 aromatic rings. The van der Waals surface area contributed by atoms with Gasteiger partial charge in [-0.15, -0.1) is 0 Å². The summed E-state index contributed by atoms with van der Waals surface area (Å²) in [5.41, 5.74) is 6.20. The van der Waals surface area contributed by atoms with Gasteiger partial charge in [0.15, 0.2) is 0 Å². The molecule has 0 amide bonds. The normalized spacial score (nSPS) is 22.1. The largest absolute Gasteiger partial charge is 0.392 e. The van der Waals surface area contributed by atoms with Crippen LogP contribution in [0.4, 0.5) is 0 Å². The molecule has 1 atom stereocenters. The third kappa shape index (κ3) is 2.93. The van der Waals surface area contributed by atoms with Crippen molar-refractivity contribution < 1.29 is 5.11 Å². The average Bonchev–Trinajstić information content (AvgIpc) is 2.53. The minimum atomic E-state index is -0.299. The molecule has 0 saturated heterocycles. The number of hydrogen-bond acceptors (Lipinski definition) is 1. The Morgan fingerprint density at radius 2 is 1.67 bits per heavy atom. The van der Waals surface area contributed by atoms with Crippen molar-refractivity contribution in [1.82, 2.24) is 0 Å². The van der Waals surface area contributed by atoms with Crippen LogP contribution in [0.2, 0.25) is 0 Å². The molecule has 1 N–H and O–H groups in total. The van der Waals surface area contributed by atoms with Crippen molar-refractivity contribution >= 4 is 11.6 Å². The topological polar surface area (TPSA) is 20.2 Å². The van der Waals surface area contributed by atoms with E-state index in [2.05, 4.69) is 83.2 Å². The summed E-state index contributed by atoms with van der Waals surface area (Å²) in [4.78, 5) is 0.